The number of hydrogen-bond acceptors (Lipinski definition) is 2. The summed E-state index contributed by atoms with van der Waals surface area (Å²) in [5.74, 6) is 4.45. The van der Waals surface area contributed by atoms with Gasteiger partial charge in [0, 0.05) is 24.5 Å². The van der Waals surface area contributed by atoms with Crippen LogP contribution in [0.1, 0.15) is 41.7 Å². The van der Waals surface area contributed by atoms with Crippen molar-refractivity contribution in [2.75, 3.05) is 5.32 Å². The van der Waals surface area contributed by atoms with Gasteiger partial charge >= 0.3 is 0 Å². The number of rotatable bonds is 5. The van der Waals surface area contributed by atoms with Crippen molar-refractivity contribution >= 4 is 11.6 Å². The highest BCUT2D eigenvalue weighted by molar-refractivity contribution is 6.04. The van der Waals surface area contributed by atoms with Gasteiger partial charge in [-0.15, -0.1) is 0 Å². The Morgan fingerprint density at radius 3 is 2.41 bits per heavy atom. The van der Waals surface area contributed by atoms with E-state index in [0.717, 1.165) is 38.9 Å². The molecule has 1 amide bonds. The molecule has 0 aliphatic rings. The number of aromatic nitrogens is 1. The summed E-state index contributed by atoms with van der Waals surface area (Å²) in [7, 11) is 1.74. The van der Waals surface area contributed by atoms with Gasteiger partial charge in [0.2, 0.25) is 0 Å². The first-order valence-corrected chi connectivity index (χ1v) is 10.6. The average molecular weight is 431 g/mol. The van der Waals surface area contributed by atoms with Crippen molar-refractivity contribution in [3.8, 4) is 23.0 Å². The molecule has 4 nitrogen and oxygen atoms in total. The quantitative estimate of drug-likeness (QED) is 0.584. The van der Waals surface area contributed by atoms with E-state index in [2.05, 4.69) is 17.2 Å². The topological polar surface area (TPSA) is 51.1 Å². The van der Waals surface area contributed by atoms with Gasteiger partial charge < -0.3 is 9.88 Å². The fourth-order valence-electron chi connectivity index (χ4n) is 3.94. The molecule has 0 spiro atoms. The number of carbonyl (C=O) groups is 1. The van der Waals surface area contributed by atoms with Crippen LogP contribution in [0.25, 0.3) is 11.1 Å². The number of amides is 1. The third-order valence-electron chi connectivity index (χ3n) is 5.58. The maximum absolute atomic E-state index is 13.8. The van der Waals surface area contributed by atoms with Gasteiger partial charge in [-0.05, 0) is 103 Å². The van der Waals surface area contributed by atoms with Gasteiger partial charge in [0.15, 0.2) is 0 Å². The molecule has 1 N–H and O–H groups in total. The minimum Gasteiger partial charge on any atom is -0.318 e. The number of aryl methyl sites for hydroxylation is 4. The first-order valence-electron chi connectivity index (χ1n) is 10.6. The Bertz CT molecular complexity index is 1290. The second kappa shape index (κ2) is 9.65. The van der Waals surface area contributed by atoms with Crippen molar-refractivity contribution in [1.29, 1.82) is 0 Å². The van der Waals surface area contributed by atoms with Crippen LogP contribution in [0.2, 0.25) is 0 Å². The van der Waals surface area contributed by atoms with Gasteiger partial charge in [0.1, 0.15) is 5.82 Å². The highest BCUT2D eigenvalue weighted by Crippen LogP contribution is 2.31. The molecule has 0 unspecified atom stereocenters. The van der Waals surface area contributed by atoms with Crippen molar-refractivity contribution in [3.63, 3.8) is 0 Å². The van der Waals surface area contributed by atoms with E-state index < -0.39 is 0 Å². The Morgan fingerprint density at radius 1 is 1.09 bits per heavy atom. The molecule has 0 fully saturated rings. The molecule has 0 aliphatic carbocycles. The van der Waals surface area contributed by atoms with Gasteiger partial charge in [-0.25, -0.2) is 4.39 Å². The average Bonchev–Trinajstić information content (AvgIpc) is 2.73. The van der Waals surface area contributed by atoms with E-state index in [4.69, 9.17) is 0 Å². The molecule has 32 heavy (non-hydrogen) atoms. The monoisotopic (exact) mass is 430 g/mol. The summed E-state index contributed by atoms with van der Waals surface area (Å²) < 4.78 is 15.4. The summed E-state index contributed by atoms with van der Waals surface area (Å²) in [6, 6.07) is 10.7. The second-order valence-corrected chi connectivity index (χ2v) is 7.92. The zero-order valence-corrected chi connectivity index (χ0v) is 19.1. The Morgan fingerprint density at radius 2 is 1.78 bits per heavy atom. The number of pyridine rings is 1. The molecule has 5 heteroatoms. The summed E-state index contributed by atoms with van der Waals surface area (Å²) in [6.07, 6.45) is 3.03. The lowest BCUT2D eigenvalue weighted by Gasteiger charge is -2.17. The van der Waals surface area contributed by atoms with E-state index in [0.29, 0.717) is 18.5 Å². The number of hydrogen-bond donors (Lipinski definition) is 1. The summed E-state index contributed by atoms with van der Waals surface area (Å²) in [6.45, 7) is 7.37. The van der Waals surface area contributed by atoms with Crippen LogP contribution in [0, 0.1) is 31.5 Å². The largest absolute Gasteiger partial charge is 0.318 e. The highest BCUT2D eigenvalue weighted by Gasteiger charge is 2.14. The van der Waals surface area contributed by atoms with Gasteiger partial charge in [-0.1, -0.05) is 18.9 Å². The summed E-state index contributed by atoms with van der Waals surface area (Å²) >= 11 is 0. The highest BCUT2D eigenvalue weighted by atomic mass is 19.1. The molecular weight excluding hydrogens is 403 g/mol. The zero-order chi connectivity index (χ0) is 23.4. The van der Waals surface area contributed by atoms with E-state index >= 15 is 0 Å². The molecule has 164 valence electrons. The maximum Gasteiger partial charge on any atom is 0.300 e. The van der Waals surface area contributed by atoms with Crippen molar-refractivity contribution in [2.24, 2.45) is 7.05 Å². The van der Waals surface area contributed by atoms with Gasteiger partial charge in [-0.3, -0.25) is 9.59 Å². The van der Waals surface area contributed by atoms with Crippen LogP contribution in [0.3, 0.4) is 0 Å². The number of anilines is 1. The Kier molecular flexibility index (Phi) is 6.95. The van der Waals surface area contributed by atoms with Crippen LogP contribution in [-0.2, 0) is 24.7 Å². The fraction of sp³-hybridized carbons (Fsp3) is 0.259. The van der Waals surface area contributed by atoms with E-state index in [1.54, 1.807) is 30.7 Å². The predicted molar refractivity (Wildman–Crippen MR) is 127 cm³/mol. The third kappa shape index (κ3) is 4.97. The number of carbonyl (C=O) groups excluding carboxylic acids is 1. The molecule has 0 aliphatic heterocycles. The number of nitrogens with zero attached hydrogens (tertiary/aromatic N) is 1. The van der Waals surface area contributed by atoms with Crippen LogP contribution in [0.5, 0.6) is 0 Å². The molecule has 3 aromatic rings. The van der Waals surface area contributed by atoms with Gasteiger partial charge in [0.25, 0.3) is 11.5 Å². The first-order chi connectivity index (χ1) is 15.2. The van der Waals surface area contributed by atoms with Crippen LogP contribution in [-0.4, -0.2) is 10.5 Å². The molecule has 3 rings (SSSR count). The molecule has 0 atom stereocenters. The Labute approximate surface area is 188 Å². The molecule has 0 radical (unpaired) electrons. The van der Waals surface area contributed by atoms with E-state index in [1.165, 1.54) is 0 Å². The van der Waals surface area contributed by atoms with E-state index in [-0.39, 0.29) is 17.3 Å². The normalized spacial score (nSPS) is 10.4. The molecule has 1 aromatic heterocycles. The van der Waals surface area contributed by atoms with E-state index in [1.807, 2.05) is 51.2 Å². The van der Waals surface area contributed by atoms with Crippen molar-refractivity contribution in [3.05, 3.63) is 86.6 Å². The van der Waals surface area contributed by atoms with Crippen LogP contribution in [0.4, 0.5) is 10.1 Å². The fourth-order valence-corrected chi connectivity index (χ4v) is 3.94. The Hall–Kier alpha value is -3.65. The Balaban J connectivity index is 2.17. The summed E-state index contributed by atoms with van der Waals surface area (Å²) in [5, 5.41) is 2.80. The van der Waals surface area contributed by atoms with Crippen LogP contribution in [0.15, 0.2) is 47.4 Å². The van der Waals surface area contributed by atoms with Crippen LogP contribution >= 0.6 is 0 Å². The molecule has 0 bridgehead atoms. The lowest BCUT2D eigenvalue weighted by Crippen LogP contribution is -2.20. The van der Waals surface area contributed by atoms with Crippen molar-refractivity contribution in [1.82, 2.24) is 4.57 Å². The first kappa shape index (κ1) is 23.0. The lowest BCUT2D eigenvalue weighted by molar-refractivity contribution is -0.111. The SMILES string of the molecule is CC#CC(=O)Nc1ccc(Cc2c(C)cc(F)cc2C)c(-c2cc(CC)c(=O)n(C)c2)c1. The number of halogens is 1. The van der Waals surface area contributed by atoms with Gasteiger partial charge in [0.05, 0.1) is 0 Å². The molecule has 2 aromatic carbocycles. The van der Waals surface area contributed by atoms with Crippen LogP contribution < -0.4 is 10.9 Å². The lowest BCUT2D eigenvalue weighted by atomic mass is 9.90. The number of nitrogens with one attached hydrogen (secondary N) is 1. The summed E-state index contributed by atoms with van der Waals surface area (Å²) in [5.41, 5.74) is 6.95. The standard InChI is InChI=1S/C27H27FN2O2/c1-6-8-26(31)29-23-10-9-20(14-24-17(3)11-22(28)12-18(24)4)25(15-23)21-13-19(7-2)27(32)30(5)16-21/h9-13,15-16H,7,14H2,1-5H3,(H,29,31). The zero-order valence-electron chi connectivity index (χ0n) is 19.1. The molecular formula is C27H27FN2O2. The third-order valence-corrected chi connectivity index (χ3v) is 5.58. The van der Waals surface area contributed by atoms with Crippen molar-refractivity contribution < 1.29 is 9.18 Å². The van der Waals surface area contributed by atoms with E-state index in [9.17, 15) is 14.0 Å². The molecule has 1 heterocycles. The predicted octanol–water partition coefficient (Wildman–Crippen LogP) is 4.92. The second-order valence-electron chi connectivity index (χ2n) is 7.92. The molecule has 0 saturated heterocycles. The van der Waals surface area contributed by atoms with Crippen molar-refractivity contribution in [2.45, 2.75) is 40.5 Å². The summed E-state index contributed by atoms with van der Waals surface area (Å²) in [4.78, 5) is 24.4. The number of benzene rings is 2. The minimum atomic E-state index is -0.383. The van der Waals surface area contributed by atoms with Gasteiger partial charge in [-0.2, -0.15) is 0 Å². The smallest absolute Gasteiger partial charge is 0.300 e. The minimum absolute atomic E-state index is 0.0225. The molecule has 0 saturated carbocycles. The maximum atomic E-state index is 13.8.